The van der Waals surface area contributed by atoms with Crippen LogP contribution in [0.1, 0.15) is 18.9 Å². The van der Waals surface area contributed by atoms with E-state index in [0.717, 1.165) is 0 Å². The Morgan fingerprint density at radius 3 is 2.67 bits per heavy atom. The maximum Gasteiger partial charge on any atom is 0.126 e. The quantitative estimate of drug-likeness (QED) is 0.733. The van der Waals surface area contributed by atoms with Crippen LogP contribution in [0.25, 0.3) is 0 Å². The van der Waals surface area contributed by atoms with Gasteiger partial charge in [0.05, 0.1) is 6.10 Å². The Morgan fingerprint density at radius 2 is 2.08 bits per heavy atom. The van der Waals surface area contributed by atoms with Crippen LogP contribution in [-0.2, 0) is 6.42 Å². The number of rotatable bonds is 3. The first-order chi connectivity index (χ1) is 5.70. The molecule has 1 aromatic carbocycles. The summed E-state index contributed by atoms with van der Waals surface area (Å²) in [6.45, 7) is 1.71. The van der Waals surface area contributed by atoms with Crippen LogP contribution in [0.3, 0.4) is 0 Å². The summed E-state index contributed by atoms with van der Waals surface area (Å²) in [5.41, 5.74) is 0.679. The van der Waals surface area contributed by atoms with E-state index in [1.165, 1.54) is 6.07 Å². The number of halogens is 1. The fraction of sp³-hybridized carbons (Fsp3) is 0.400. The van der Waals surface area contributed by atoms with E-state index in [1.807, 2.05) is 0 Å². The topological polar surface area (TPSA) is 20.2 Å². The SMILES string of the molecule is C[C@@H](O)CCc1ccccc1F. The summed E-state index contributed by atoms with van der Waals surface area (Å²) in [7, 11) is 0. The summed E-state index contributed by atoms with van der Waals surface area (Å²) in [6, 6.07) is 6.66. The molecule has 0 amide bonds. The fourth-order valence-corrected chi connectivity index (χ4v) is 1.07. The van der Waals surface area contributed by atoms with Crippen LogP contribution in [0.15, 0.2) is 24.3 Å². The first kappa shape index (κ1) is 9.20. The van der Waals surface area contributed by atoms with Crippen LogP contribution in [0, 0.1) is 5.82 Å². The Balaban J connectivity index is 2.57. The molecule has 1 nitrogen and oxygen atoms in total. The highest BCUT2D eigenvalue weighted by atomic mass is 19.1. The molecular weight excluding hydrogens is 155 g/mol. The second kappa shape index (κ2) is 4.21. The van der Waals surface area contributed by atoms with Gasteiger partial charge in [-0.05, 0) is 31.4 Å². The maximum atomic E-state index is 13.0. The van der Waals surface area contributed by atoms with Crippen molar-refractivity contribution in [3.63, 3.8) is 0 Å². The summed E-state index contributed by atoms with van der Waals surface area (Å²) < 4.78 is 13.0. The van der Waals surface area contributed by atoms with Crippen LogP contribution in [0.2, 0.25) is 0 Å². The van der Waals surface area contributed by atoms with Crippen molar-refractivity contribution < 1.29 is 9.50 Å². The third-order valence-corrected chi connectivity index (χ3v) is 1.79. The van der Waals surface area contributed by atoms with Crippen molar-refractivity contribution in [3.05, 3.63) is 35.6 Å². The predicted molar refractivity (Wildman–Crippen MR) is 46.4 cm³/mol. The maximum absolute atomic E-state index is 13.0. The van der Waals surface area contributed by atoms with Crippen molar-refractivity contribution in [3.8, 4) is 0 Å². The molecule has 0 bridgehead atoms. The number of hydrogen-bond acceptors (Lipinski definition) is 1. The molecular formula is C10H13FO. The number of benzene rings is 1. The van der Waals surface area contributed by atoms with Gasteiger partial charge in [0, 0.05) is 0 Å². The van der Waals surface area contributed by atoms with E-state index in [4.69, 9.17) is 5.11 Å². The molecule has 0 heterocycles. The minimum absolute atomic E-state index is 0.182. The van der Waals surface area contributed by atoms with E-state index in [0.29, 0.717) is 18.4 Å². The second-order valence-corrected chi connectivity index (χ2v) is 2.98. The van der Waals surface area contributed by atoms with E-state index in [2.05, 4.69) is 0 Å². The molecule has 0 unspecified atom stereocenters. The van der Waals surface area contributed by atoms with E-state index in [1.54, 1.807) is 25.1 Å². The average molecular weight is 168 g/mol. The third kappa shape index (κ3) is 2.62. The van der Waals surface area contributed by atoms with Gasteiger partial charge in [0.25, 0.3) is 0 Å². The zero-order chi connectivity index (χ0) is 8.97. The lowest BCUT2D eigenvalue weighted by Crippen LogP contribution is -2.02. The molecule has 0 fully saturated rings. The molecule has 1 atom stereocenters. The number of hydrogen-bond donors (Lipinski definition) is 1. The van der Waals surface area contributed by atoms with Crippen molar-refractivity contribution in [1.29, 1.82) is 0 Å². The first-order valence-electron chi connectivity index (χ1n) is 4.11. The summed E-state index contributed by atoms with van der Waals surface area (Å²) in [5, 5.41) is 8.98. The minimum Gasteiger partial charge on any atom is -0.393 e. The monoisotopic (exact) mass is 168 g/mol. The van der Waals surface area contributed by atoms with Crippen LogP contribution < -0.4 is 0 Å². The third-order valence-electron chi connectivity index (χ3n) is 1.79. The van der Waals surface area contributed by atoms with Crippen LogP contribution in [0.4, 0.5) is 4.39 Å². The minimum atomic E-state index is -0.357. The van der Waals surface area contributed by atoms with Gasteiger partial charge in [0.1, 0.15) is 5.82 Å². The molecule has 0 aliphatic rings. The first-order valence-corrected chi connectivity index (χ1v) is 4.11. The summed E-state index contributed by atoms with van der Waals surface area (Å²) in [6.07, 6.45) is 0.857. The van der Waals surface area contributed by atoms with Gasteiger partial charge >= 0.3 is 0 Å². The zero-order valence-electron chi connectivity index (χ0n) is 7.13. The summed E-state index contributed by atoms with van der Waals surface area (Å²) in [4.78, 5) is 0. The molecule has 0 radical (unpaired) electrons. The van der Waals surface area contributed by atoms with Crippen molar-refractivity contribution in [1.82, 2.24) is 0 Å². The molecule has 0 saturated carbocycles. The van der Waals surface area contributed by atoms with Crippen molar-refractivity contribution in [2.75, 3.05) is 0 Å². The Kier molecular flexibility index (Phi) is 3.23. The van der Waals surface area contributed by atoms with Gasteiger partial charge in [-0.2, -0.15) is 0 Å². The Hall–Kier alpha value is -0.890. The number of aryl methyl sites for hydroxylation is 1. The van der Waals surface area contributed by atoms with Crippen LogP contribution in [-0.4, -0.2) is 11.2 Å². The van der Waals surface area contributed by atoms with Gasteiger partial charge in [-0.3, -0.25) is 0 Å². The van der Waals surface area contributed by atoms with E-state index < -0.39 is 0 Å². The molecule has 0 aliphatic carbocycles. The average Bonchev–Trinajstić information content (AvgIpc) is 2.03. The molecule has 0 aliphatic heterocycles. The molecule has 1 N–H and O–H groups in total. The van der Waals surface area contributed by atoms with E-state index in [9.17, 15) is 4.39 Å². The molecule has 0 aromatic heterocycles. The predicted octanol–water partition coefficient (Wildman–Crippen LogP) is 2.14. The smallest absolute Gasteiger partial charge is 0.126 e. The highest BCUT2D eigenvalue weighted by molar-refractivity contribution is 5.17. The van der Waals surface area contributed by atoms with E-state index >= 15 is 0 Å². The Labute approximate surface area is 71.9 Å². The second-order valence-electron chi connectivity index (χ2n) is 2.98. The lowest BCUT2D eigenvalue weighted by molar-refractivity contribution is 0.184. The van der Waals surface area contributed by atoms with Crippen molar-refractivity contribution in [2.45, 2.75) is 25.9 Å². The van der Waals surface area contributed by atoms with Gasteiger partial charge in [0.2, 0.25) is 0 Å². The molecule has 66 valence electrons. The highest BCUT2D eigenvalue weighted by Gasteiger charge is 2.01. The molecule has 1 rings (SSSR count). The van der Waals surface area contributed by atoms with Gasteiger partial charge in [-0.25, -0.2) is 4.39 Å². The van der Waals surface area contributed by atoms with Gasteiger partial charge in [0.15, 0.2) is 0 Å². The van der Waals surface area contributed by atoms with Crippen LogP contribution >= 0.6 is 0 Å². The molecule has 0 spiro atoms. The Morgan fingerprint density at radius 1 is 1.42 bits per heavy atom. The summed E-state index contributed by atoms with van der Waals surface area (Å²) in [5.74, 6) is -0.182. The fourth-order valence-electron chi connectivity index (χ4n) is 1.07. The molecule has 2 heteroatoms. The highest BCUT2D eigenvalue weighted by Crippen LogP contribution is 2.09. The molecule has 1 aromatic rings. The standard InChI is InChI=1S/C10H13FO/c1-8(12)6-7-9-4-2-3-5-10(9)11/h2-5,8,12H,6-7H2,1H3/t8-/m1/s1. The van der Waals surface area contributed by atoms with Crippen molar-refractivity contribution in [2.24, 2.45) is 0 Å². The van der Waals surface area contributed by atoms with Gasteiger partial charge in [-0.1, -0.05) is 18.2 Å². The largest absolute Gasteiger partial charge is 0.393 e. The van der Waals surface area contributed by atoms with Crippen LogP contribution in [0.5, 0.6) is 0 Å². The van der Waals surface area contributed by atoms with Gasteiger partial charge in [-0.15, -0.1) is 0 Å². The Bertz CT molecular complexity index is 245. The lowest BCUT2D eigenvalue weighted by Gasteiger charge is -2.04. The molecule has 0 saturated heterocycles. The zero-order valence-corrected chi connectivity index (χ0v) is 7.13. The number of aliphatic hydroxyl groups is 1. The van der Waals surface area contributed by atoms with E-state index in [-0.39, 0.29) is 11.9 Å². The summed E-state index contributed by atoms with van der Waals surface area (Å²) >= 11 is 0. The number of aliphatic hydroxyl groups excluding tert-OH is 1. The van der Waals surface area contributed by atoms with Gasteiger partial charge < -0.3 is 5.11 Å². The normalized spacial score (nSPS) is 12.9. The lowest BCUT2D eigenvalue weighted by atomic mass is 10.1. The van der Waals surface area contributed by atoms with Crippen molar-refractivity contribution >= 4 is 0 Å². The molecule has 12 heavy (non-hydrogen) atoms.